The van der Waals surface area contributed by atoms with E-state index in [2.05, 4.69) is 19.2 Å². The molecule has 2 rings (SSSR count). The van der Waals surface area contributed by atoms with Gasteiger partial charge in [-0.1, -0.05) is 39.8 Å². The molecule has 0 aliphatic heterocycles. The number of ether oxygens (including phenoxy) is 1. The summed E-state index contributed by atoms with van der Waals surface area (Å²) in [5.74, 6) is -0.388. The van der Waals surface area contributed by atoms with Crippen molar-refractivity contribution >= 4 is 29.1 Å². The summed E-state index contributed by atoms with van der Waals surface area (Å²) >= 11 is 0. The molecule has 0 saturated heterocycles. The number of nitrogens with one attached hydrogen (secondary N) is 1. The second kappa shape index (κ2) is 10.7. The van der Waals surface area contributed by atoms with E-state index in [1.165, 1.54) is 6.92 Å². The van der Waals surface area contributed by atoms with Crippen molar-refractivity contribution in [3.05, 3.63) is 52.1 Å². The van der Waals surface area contributed by atoms with Crippen LogP contribution in [0, 0.1) is 11.3 Å². The standard InChI is InChI=1S/C27H35NO5/c1-16(2)8-13-22-17(3)26(32)24(18(4)25(22)31)27(6,7)14-23(30)28-21-11-9-20(10-12-21)15-33-19(5)29/h9-12,16H,8,13-15H2,1-7H3,(H,28,30). The number of esters is 1. The fourth-order valence-electron chi connectivity index (χ4n) is 4.12. The van der Waals surface area contributed by atoms with Crippen molar-refractivity contribution < 1.29 is 23.9 Å². The van der Waals surface area contributed by atoms with Gasteiger partial charge in [0, 0.05) is 46.7 Å². The van der Waals surface area contributed by atoms with Gasteiger partial charge in [0.1, 0.15) is 6.61 Å². The molecule has 0 radical (unpaired) electrons. The third kappa shape index (κ3) is 6.73. The van der Waals surface area contributed by atoms with Crippen LogP contribution in [0.3, 0.4) is 0 Å². The molecule has 1 aliphatic rings. The van der Waals surface area contributed by atoms with E-state index < -0.39 is 5.41 Å². The van der Waals surface area contributed by atoms with Gasteiger partial charge in [0.05, 0.1) is 0 Å². The van der Waals surface area contributed by atoms with E-state index >= 15 is 0 Å². The number of hydrogen-bond donors (Lipinski definition) is 1. The molecule has 1 aromatic carbocycles. The lowest BCUT2D eigenvalue weighted by atomic mass is 9.70. The minimum absolute atomic E-state index is 0.0580. The van der Waals surface area contributed by atoms with Gasteiger partial charge in [-0.3, -0.25) is 19.2 Å². The largest absolute Gasteiger partial charge is 0.461 e. The zero-order valence-corrected chi connectivity index (χ0v) is 20.8. The molecule has 0 aromatic heterocycles. The minimum Gasteiger partial charge on any atom is -0.461 e. The number of benzene rings is 1. The van der Waals surface area contributed by atoms with Crippen molar-refractivity contribution in [2.75, 3.05) is 5.32 Å². The average Bonchev–Trinajstić information content (AvgIpc) is 2.71. The number of Topliss-reactive ketones (excluding diaryl/α,β-unsaturated/α-hetero) is 2. The van der Waals surface area contributed by atoms with Gasteiger partial charge in [-0.15, -0.1) is 0 Å². The molecule has 1 aromatic rings. The molecular formula is C27H35NO5. The fraction of sp³-hybridized carbons (Fsp3) is 0.481. The fourth-order valence-corrected chi connectivity index (χ4v) is 4.12. The third-order valence-corrected chi connectivity index (χ3v) is 5.94. The Labute approximate surface area is 196 Å². The highest BCUT2D eigenvalue weighted by Crippen LogP contribution is 2.40. The van der Waals surface area contributed by atoms with Crippen molar-refractivity contribution in [1.82, 2.24) is 0 Å². The van der Waals surface area contributed by atoms with Crippen LogP contribution in [0.25, 0.3) is 0 Å². The van der Waals surface area contributed by atoms with Crippen LogP contribution in [0.15, 0.2) is 46.6 Å². The lowest BCUT2D eigenvalue weighted by molar-refractivity contribution is -0.142. The third-order valence-electron chi connectivity index (χ3n) is 5.94. The Morgan fingerprint density at radius 1 is 1.00 bits per heavy atom. The van der Waals surface area contributed by atoms with E-state index in [0.717, 1.165) is 12.0 Å². The van der Waals surface area contributed by atoms with Gasteiger partial charge in [0.2, 0.25) is 5.91 Å². The van der Waals surface area contributed by atoms with Gasteiger partial charge < -0.3 is 10.1 Å². The van der Waals surface area contributed by atoms with E-state index in [9.17, 15) is 19.2 Å². The zero-order chi connectivity index (χ0) is 24.9. The Kier molecular flexibility index (Phi) is 8.53. The highest BCUT2D eigenvalue weighted by atomic mass is 16.5. The molecule has 0 fully saturated rings. The summed E-state index contributed by atoms with van der Waals surface area (Å²) in [7, 11) is 0. The van der Waals surface area contributed by atoms with Gasteiger partial charge in [0.15, 0.2) is 11.6 Å². The van der Waals surface area contributed by atoms with E-state index in [0.29, 0.717) is 40.3 Å². The smallest absolute Gasteiger partial charge is 0.302 e. The quantitative estimate of drug-likeness (QED) is 0.403. The summed E-state index contributed by atoms with van der Waals surface area (Å²) < 4.78 is 4.96. The topological polar surface area (TPSA) is 89.5 Å². The van der Waals surface area contributed by atoms with Gasteiger partial charge in [-0.25, -0.2) is 0 Å². The molecule has 0 spiro atoms. The van der Waals surface area contributed by atoms with Crippen LogP contribution in [-0.2, 0) is 30.5 Å². The van der Waals surface area contributed by atoms with Crippen molar-refractivity contribution in [3.8, 4) is 0 Å². The SMILES string of the molecule is CC(=O)OCc1ccc(NC(=O)CC(C)(C)C2=C(C)C(=O)C(CCC(C)C)=C(C)C2=O)cc1. The molecular weight excluding hydrogens is 418 g/mol. The summed E-state index contributed by atoms with van der Waals surface area (Å²) in [6, 6.07) is 7.01. The maximum atomic E-state index is 13.2. The van der Waals surface area contributed by atoms with Crippen LogP contribution in [0.4, 0.5) is 5.69 Å². The number of allylic oxidation sites excluding steroid dienone is 4. The first-order chi connectivity index (χ1) is 15.3. The van der Waals surface area contributed by atoms with Crippen LogP contribution < -0.4 is 5.32 Å². The second-order valence-corrected chi connectivity index (χ2v) is 9.78. The van der Waals surface area contributed by atoms with Crippen molar-refractivity contribution in [2.45, 2.75) is 74.3 Å². The number of carbonyl (C=O) groups is 4. The zero-order valence-electron chi connectivity index (χ0n) is 20.8. The molecule has 33 heavy (non-hydrogen) atoms. The van der Waals surface area contributed by atoms with Gasteiger partial charge in [-0.05, 0) is 50.3 Å². The maximum Gasteiger partial charge on any atom is 0.302 e. The molecule has 6 nitrogen and oxygen atoms in total. The van der Waals surface area contributed by atoms with Crippen LogP contribution in [0.1, 0.15) is 73.3 Å². The first kappa shape index (κ1) is 26.2. The van der Waals surface area contributed by atoms with Crippen LogP contribution in [-0.4, -0.2) is 23.4 Å². The number of carbonyl (C=O) groups excluding carboxylic acids is 4. The summed E-state index contributed by atoms with van der Waals surface area (Å²) in [5.41, 5.74) is 2.57. The molecule has 6 heteroatoms. The van der Waals surface area contributed by atoms with Crippen molar-refractivity contribution in [2.24, 2.45) is 11.3 Å². The van der Waals surface area contributed by atoms with Gasteiger partial charge in [0.25, 0.3) is 0 Å². The summed E-state index contributed by atoms with van der Waals surface area (Å²) in [6.45, 7) is 12.8. The van der Waals surface area contributed by atoms with E-state index in [1.54, 1.807) is 38.1 Å². The normalized spacial score (nSPS) is 14.8. The Bertz CT molecular complexity index is 1010. The molecule has 1 aliphatic carbocycles. The highest BCUT2D eigenvalue weighted by Gasteiger charge is 2.39. The molecule has 0 bridgehead atoms. The number of ketones is 2. The lowest BCUT2D eigenvalue weighted by Crippen LogP contribution is -2.33. The Balaban J connectivity index is 2.12. The van der Waals surface area contributed by atoms with Gasteiger partial charge >= 0.3 is 5.97 Å². The molecule has 0 heterocycles. The predicted molar refractivity (Wildman–Crippen MR) is 128 cm³/mol. The van der Waals surface area contributed by atoms with Crippen molar-refractivity contribution in [1.29, 1.82) is 0 Å². The highest BCUT2D eigenvalue weighted by molar-refractivity contribution is 6.25. The number of anilines is 1. The van der Waals surface area contributed by atoms with E-state index in [1.807, 2.05) is 13.8 Å². The van der Waals surface area contributed by atoms with Crippen LogP contribution in [0.2, 0.25) is 0 Å². The lowest BCUT2D eigenvalue weighted by Gasteiger charge is -2.32. The first-order valence-electron chi connectivity index (χ1n) is 11.4. The number of amides is 1. The van der Waals surface area contributed by atoms with Crippen LogP contribution >= 0.6 is 0 Å². The number of hydrogen-bond acceptors (Lipinski definition) is 5. The summed E-state index contributed by atoms with van der Waals surface area (Å²) in [6.07, 6.45) is 1.50. The molecule has 1 N–H and O–H groups in total. The molecule has 1 amide bonds. The predicted octanol–water partition coefficient (Wildman–Crippen LogP) is 5.33. The maximum absolute atomic E-state index is 13.2. The monoisotopic (exact) mass is 453 g/mol. The average molecular weight is 454 g/mol. The summed E-state index contributed by atoms with van der Waals surface area (Å²) in [5, 5.41) is 2.85. The van der Waals surface area contributed by atoms with Crippen molar-refractivity contribution in [3.63, 3.8) is 0 Å². The van der Waals surface area contributed by atoms with E-state index in [-0.39, 0.29) is 36.5 Å². The van der Waals surface area contributed by atoms with Gasteiger partial charge in [-0.2, -0.15) is 0 Å². The second-order valence-electron chi connectivity index (χ2n) is 9.78. The first-order valence-corrected chi connectivity index (χ1v) is 11.4. The summed E-state index contributed by atoms with van der Waals surface area (Å²) in [4.78, 5) is 50.0. The molecule has 0 saturated carbocycles. The van der Waals surface area contributed by atoms with E-state index in [4.69, 9.17) is 4.74 Å². The Morgan fingerprint density at radius 3 is 2.15 bits per heavy atom. The Morgan fingerprint density at radius 2 is 1.61 bits per heavy atom. The molecule has 178 valence electrons. The van der Waals surface area contributed by atoms with Crippen LogP contribution in [0.5, 0.6) is 0 Å². The molecule has 0 atom stereocenters. The molecule has 0 unspecified atom stereocenters. The minimum atomic E-state index is -0.805. The number of rotatable bonds is 9. The Hall–Kier alpha value is -3.02.